The van der Waals surface area contributed by atoms with Gasteiger partial charge in [-0.25, -0.2) is 0 Å². The van der Waals surface area contributed by atoms with Crippen LogP contribution in [-0.4, -0.2) is 50.3 Å². The highest BCUT2D eigenvalue weighted by molar-refractivity contribution is 4.69. The molecule has 0 spiro atoms. The molecule has 0 aromatic rings. The molecule has 84 valence electrons. The summed E-state index contributed by atoms with van der Waals surface area (Å²) in [5.74, 6) is 0. The van der Waals surface area contributed by atoms with E-state index in [0.29, 0.717) is 6.04 Å². The average Bonchev–Trinajstić information content (AvgIpc) is 2.20. The Kier molecular flexibility index (Phi) is 6.15. The Morgan fingerprint density at radius 2 is 2.07 bits per heavy atom. The second-order valence-corrected chi connectivity index (χ2v) is 4.12. The molecular formula is C11H24N2O. The van der Waals surface area contributed by atoms with Crippen molar-refractivity contribution >= 4 is 0 Å². The van der Waals surface area contributed by atoms with Gasteiger partial charge in [-0.2, -0.15) is 0 Å². The molecule has 14 heavy (non-hydrogen) atoms. The average molecular weight is 200 g/mol. The zero-order chi connectivity index (χ0) is 10.2. The van der Waals surface area contributed by atoms with Crippen molar-refractivity contribution in [1.29, 1.82) is 0 Å². The van der Waals surface area contributed by atoms with Gasteiger partial charge in [0, 0.05) is 25.7 Å². The van der Waals surface area contributed by atoms with E-state index < -0.39 is 0 Å². The highest BCUT2D eigenvalue weighted by Gasteiger charge is 2.12. The van der Waals surface area contributed by atoms with Crippen molar-refractivity contribution in [3.8, 4) is 0 Å². The Hall–Kier alpha value is -0.120. The minimum Gasteiger partial charge on any atom is -0.379 e. The smallest absolute Gasteiger partial charge is 0.0594 e. The molecule has 0 bridgehead atoms. The normalized spacial score (nSPS) is 21.0. The van der Waals surface area contributed by atoms with Crippen LogP contribution >= 0.6 is 0 Å². The molecule has 0 aromatic carbocycles. The van der Waals surface area contributed by atoms with Crippen LogP contribution in [0.1, 0.15) is 26.7 Å². The van der Waals surface area contributed by atoms with Gasteiger partial charge in [0.1, 0.15) is 0 Å². The first kappa shape index (κ1) is 12.0. The lowest BCUT2D eigenvalue weighted by Crippen LogP contribution is -2.44. The first-order valence-corrected chi connectivity index (χ1v) is 5.86. The molecule has 1 saturated heterocycles. The Labute approximate surface area is 87.8 Å². The molecule has 0 aromatic heterocycles. The van der Waals surface area contributed by atoms with Crippen LogP contribution in [0.4, 0.5) is 0 Å². The van der Waals surface area contributed by atoms with E-state index in [1.165, 1.54) is 12.8 Å². The van der Waals surface area contributed by atoms with Crippen LogP contribution in [-0.2, 0) is 4.74 Å². The number of nitrogens with zero attached hydrogens (tertiary/aromatic N) is 1. The van der Waals surface area contributed by atoms with Crippen LogP contribution in [0.3, 0.4) is 0 Å². The zero-order valence-electron chi connectivity index (χ0n) is 9.59. The molecule has 1 atom stereocenters. The van der Waals surface area contributed by atoms with Gasteiger partial charge in [-0.05, 0) is 19.9 Å². The van der Waals surface area contributed by atoms with Gasteiger partial charge < -0.3 is 10.1 Å². The number of hydrogen-bond acceptors (Lipinski definition) is 3. The van der Waals surface area contributed by atoms with E-state index in [9.17, 15) is 0 Å². The Morgan fingerprint density at radius 3 is 2.71 bits per heavy atom. The Balaban J connectivity index is 2.03. The molecule has 0 saturated carbocycles. The van der Waals surface area contributed by atoms with E-state index >= 15 is 0 Å². The first-order chi connectivity index (χ1) is 6.83. The van der Waals surface area contributed by atoms with Crippen LogP contribution in [0.2, 0.25) is 0 Å². The number of unbranched alkanes of at least 4 members (excludes halogenated alkanes) is 1. The predicted octanol–water partition coefficient (Wildman–Crippen LogP) is 1.10. The number of hydrogen-bond donors (Lipinski definition) is 1. The van der Waals surface area contributed by atoms with E-state index in [2.05, 4.69) is 24.1 Å². The quantitative estimate of drug-likeness (QED) is 0.650. The Morgan fingerprint density at radius 1 is 1.36 bits per heavy atom. The second-order valence-electron chi connectivity index (χ2n) is 4.12. The third-order valence-corrected chi connectivity index (χ3v) is 2.66. The topological polar surface area (TPSA) is 24.5 Å². The van der Waals surface area contributed by atoms with Gasteiger partial charge in [0.25, 0.3) is 0 Å². The van der Waals surface area contributed by atoms with Gasteiger partial charge in [-0.3, -0.25) is 4.90 Å². The van der Waals surface area contributed by atoms with Gasteiger partial charge in [0.15, 0.2) is 0 Å². The molecule has 0 aliphatic carbocycles. The molecule has 0 amide bonds. The molecule has 3 heteroatoms. The maximum absolute atomic E-state index is 5.32. The maximum Gasteiger partial charge on any atom is 0.0594 e. The van der Waals surface area contributed by atoms with Crippen LogP contribution in [0.25, 0.3) is 0 Å². The Bertz CT molecular complexity index is 135. The lowest BCUT2D eigenvalue weighted by molar-refractivity contribution is 0.0344. The van der Waals surface area contributed by atoms with Crippen molar-refractivity contribution < 1.29 is 4.74 Å². The van der Waals surface area contributed by atoms with Gasteiger partial charge in [0.05, 0.1) is 13.2 Å². The van der Waals surface area contributed by atoms with Gasteiger partial charge in [-0.15, -0.1) is 0 Å². The SMILES string of the molecule is CCCCNC(C)CN1CCOCC1. The molecule has 1 N–H and O–H groups in total. The van der Waals surface area contributed by atoms with Crippen LogP contribution in [0, 0.1) is 0 Å². The third kappa shape index (κ3) is 4.94. The van der Waals surface area contributed by atoms with Crippen molar-refractivity contribution in [2.24, 2.45) is 0 Å². The number of morpholine rings is 1. The fraction of sp³-hybridized carbons (Fsp3) is 1.00. The molecule has 1 aliphatic rings. The van der Waals surface area contributed by atoms with E-state index in [1.54, 1.807) is 0 Å². The zero-order valence-corrected chi connectivity index (χ0v) is 9.59. The van der Waals surface area contributed by atoms with Crippen molar-refractivity contribution in [3.63, 3.8) is 0 Å². The minimum atomic E-state index is 0.611. The monoisotopic (exact) mass is 200 g/mol. The molecule has 1 fully saturated rings. The number of nitrogens with one attached hydrogen (secondary N) is 1. The summed E-state index contributed by atoms with van der Waals surface area (Å²) >= 11 is 0. The molecule has 1 unspecified atom stereocenters. The lowest BCUT2D eigenvalue weighted by atomic mass is 10.2. The van der Waals surface area contributed by atoms with Crippen molar-refractivity contribution in [3.05, 3.63) is 0 Å². The van der Waals surface area contributed by atoms with Crippen molar-refractivity contribution in [2.45, 2.75) is 32.7 Å². The second kappa shape index (κ2) is 7.21. The third-order valence-electron chi connectivity index (χ3n) is 2.66. The van der Waals surface area contributed by atoms with E-state index in [1.807, 2.05) is 0 Å². The highest BCUT2D eigenvalue weighted by Crippen LogP contribution is 1.98. The molecule has 1 heterocycles. The van der Waals surface area contributed by atoms with Gasteiger partial charge in [0.2, 0.25) is 0 Å². The molecule has 1 rings (SSSR count). The van der Waals surface area contributed by atoms with E-state index in [4.69, 9.17) is 4.74 Å². The van der Waals surface area contributed by atoms with Crippen LogP contribution in [0.15, 0.2) is 0 Å². The fourth-order valence-electron chi connectivity index (χ4n) is 1.76. The summed E-state index contributed by atoms with van der Waals surface area (Å²) in [6, 6.07) is 0.611. The predicted molar refractivity (Wildman–Crippen MR) is 59.6 cm³/mol. The summed E-state index contributed by atoms with van der Waals surface area (Å²) in [5.41, 5.74) is 0. The molecule has 1 aliphatic heterocycles. The summed E-state index contributed by atoms with van der Waals surface area (Å²) in [5, 5.41) is 3.55. The van der Waals surface area contributed by atoms with E-state index in [-0.39, 0.29) is 0 Å². The number of rotatable bonds is 6. The van der Waals surface area contributed by atoms with Gasteiger partial charge >= 0.3 is 0 Å². The first-order valence-electron chi connectivity index (χ1n) is 5.86. The van der Waals surface area contributed by atoms with Crippen LogP contribution < -0.4 is 5.32 Å². The van der Waals surface area contributed by atoms with Crippen molar-refractivity contribution in [1.82, 2.24) is 10.2 Å². The fourth-order valence-corrected chi connectivity index (χ4v) is 1.76. The maximum atomic E-state index is 5.32. The van der Waals surface area contributed by atoms with Crippen LogP contribution in [0.5, 0.6) is 0 Å². The van der Waals surface area contributed by atoms with Gasteiger partial charge in [-0.1, -0.05) is 13.3 Å². The largest absolute Gasteiger partial charge is 0.379 e. The molecular weight excluding hydrogens is 176 g/mol. The summed E-state index contributed by atoms with van der Waals surface area (Å²) in [7, 11) is 0. The highest BCUT2D eigenvalue weighted by atomic mass is 16.5. The standard InChI is InChI=1S/C11H24N2O/c1-3-4-5-12-11(2)10-13-6-8-14-9-7-13/h11-12H,3-10H2,1-2H3. The summed E-state index contributed by atoms with van der Waals surface area (Å²) < 4.78 is 5.32. The summed E-state index contributed by atoms with van der Waals surface area (Å²) in [6.07, 6.45) is 2.56. The summed E-state index contributed by atoms with van der Waals surface area (Å²) in [4.78, 5) is 2.48. The molecule has 3 nitrogen and oxygen atoms in total. The van der Waals surface area contributed by atoms with Crippen molar-refractivity contribution in [2.75, 3.05) is 39.4 Å². The lowest BCUT2D eigenvalue weighted by Gasteiger charge is -2.29. The molecule has 0 radical (unpaired) electrons. The number of ether oxygens (including phenoxy) is 1. The minimum absolute atomic E-state index is 0.611. The van der Waals surface area contributed by atoms with E-state index in [0.717, 1.165) is 39.4 Å². The summed E-state index contributed by atoms with van der Waals surface area (Å²) in [6.45, 7) is 10.8.